The number of hydrogen-bond acceptors (Lipinski definition) is 8. The molecule has 1 heterocycles. The minimum absolute atomic E-state index is 0. The summed E-state index contributed by atoms with van der Waals surface area (Å²) in [6.45, 7) is 2.78. The number of anilines is 2. The van der Waals surface area contributed by atoms with E-state index < -0.39 is 4.92 Å². The molecule has 1 aromatic heterocycles. The molecule has 4 aromatic carbocycles. The van der Waals surface area contributed by atoms with Gasteiger partial charge in [0, 0.05) is 29.4 Å². The number of aromatic nitrogens is 1. The van der Waals surface area contributed by atoms with Crippen LogP contribution in [0.5, 0.6) is 17.2 Å². The molecule has 0 amide bonds. The summed E-state index contributed by atoms with van der Waals surface area (Å²) in [4.78, 5) is 15.5. The van der Waals surface area contributed by atoms with Crippen molar-refractivity contribution in [2.24, 2.45) is 0 Å². The number of halogens is 2. The van der Waals surface area contributed by atoms with E-state index in [1.807, 2.05) is 54.6 Å². The van der Waals surface area contributed by atoms with Gasteiger partial charge in [0.2, 0.25) is 0 Å². The summed E-state index contributed by atoms with van der Waals surface area (Å²) in [5.74, 6) is 1.34. The van der Waals surface area contributed by atoms with Crippen LogP contribution < -0.4 is 19.5 Å². The zero-order valence-corrected chi connectivity index (χ0v) is 24.5. The Morgan fingerprint density at radius 2 is 1.65 bits per heavy atom. The Hall–Kier alpha value is -5.04. The van der Waals surface area contributed by atoms with E-state index in [1.54, 1.807) is 25.1 Å². The van der Waals surface area contributed by atoms with Gasteiger partial charge in [-0.1, -0.05) is 54.1 Å². The van der Waals surface area contributed by atoms with Crippen molar-refractivity contribution in [3.8, 4) is 23.3 Å². The summed E-state index contributed by atoms with van der Waals surface area (Å²) in [6, 6.07) is 27.7. The lowest BCUT2D eigenvalue weighted by molar-refractivity contribution is -0.385. The molecule has 0 aliphatic carbocycles. The van der Waals surface area contributed by atoms with E-state index >= 15 is 0 Å². The number of nitro benzene ring substituents is 1. The summed E-state index contributed by atoms with van der Waals surface area (Å²) in [7, 11) is 0. The van der Waals surface area contributed by atoms with Crippen LogP contribution in [-0.4, -0.2) is 16.5 Å². The van der Waals surface area contributed by atoms with Crippen molar-refractivity contribution in [2.75, 3.05) is 11.9 Å². The lowest BCUT2D eigenvalue weighted by atomic mass is 10.1. The van der Waals surface area contributed by atoms with E-state index in [2.05, 4.69) is 16.4 Å². The highest BCUT2D eigenvalue weighted by molar-refractivity contribution is 6.32. The van der Waals surface area contributed by atoms with Gasteiger partial charge in [-0.05, 0) is 48.4 Å². The molecule has 5 aromatic rings. The van der Waals surface area contributed by atoms with Crippen molar-refractivity contribution in [1.82, 2.24) is 4.98 Å². The third-order valence-electron chi connectivity index (χ3n) is 6.33. The number of pyridine rings is 1. The average Bonchev–Trinajstić information content (AvgIpc) is 3.00. The first kappa shape index (κ1) is 30.9. The molecule has 0 radical (unpaired) electrons. The fraction of sp³-hybridized carbons (Fsp3) is 0.125. The zero-order chi connectivity index (χ0) is 29.5. The van der Waals surface area contributed by atoms with Crippen molar-refractivity contribution in [2.45, 2.75) is 20.1 Å². The van der Waals surface area contributed by atoms with Crippen LogP contribution in [0, 0.1) is 21.4 Å². The summed E-state index contributed by atoms with van der Waals surface area (Å²) < 4.78 is 17.2. The fourth-order valence-electron chi connectivity index (χ4n) is 4.27. The molecule has 0 saturated heterocycles. The molecule has 11 heteroatoms. The van der Waals surface area contributed by atoms with Crippen LogP contribution in [-0.2, 0) is 13.2 Å². The number of nitrogens with zero attached hydrogens (tertiary/aromatic N) is 3. The van der Waals surface area contributed by atoms with E-state index in [0.29, 0.717) is 46.3 Å². The molecule has 0 unspecified atom stereocenters. The maximum Gasteiger partial charge on any atom is 0.311 e. The molecule has 5 rings (SSSR count). The zero-order valence-electron chi connectivity index (χ0n) is 23.0. The van der Waals surface area contributed by atoms with Crippen molar-refractivity contribution < 1.29 is 19.1 Å². The Labute approximate surface area is 259 Å². The number of fused-ring (bicyclic) bond motifs is 1. The normalized spacial score (nSPS) is 10.3. The standard InChI is InChI=1S/C32H25ClN4O5.ClH/c1-2-40-31-16-28-26(15-29(31)37(38)39)32(23(17-34)18-35-28)36-24-10-13-30(27(33)14-24)42-20-22-8-11-25(12-9-22)41-19-21-6-4-3-5-7-21;/h3-16,18H,2,19-20H2,1H3,(H,35,36);1H. The van der Waals surface area contributed by atoms with Crippen molar-refractivity contribution in [3.05, 3.63) is 123 Å². The number of rotatable bonds is 11. The van der Waals surface area contributed by atoms with E-state index in [1.165, 1.54) is 18.3 Å². The topological polar surface area (TPSA) is 120 Å². The second-order valence-corrected chi connectivity index (χ2v) is 9.57. The maximum atomic E-state index is 11.7. The largest absolute Gasteiger partial charge is 0.489 e. The van der Waals surface area contributed by atoms with E-state index in [9.17, 15) is 15.4 Å². The van der Waals surface area contributed by atoms with Crippen LogP contribution in [0.3, 0.4) is 0 Å². The smallest absolute Gasteiger partial charge is 0.311 e. The number of nitrogens with one attached hydrogen (secondary N) is 1. The van der Waals surface area contributed by atoms with Gasteiger partial charge in [-0.3, -0.25) is 15.1 Å². The number of nitriles is 1. The SMILES string of the molecule is CCOc1cc2ncc(C#N)c(Nc3ccc(OCc4ccc(OCc5ccccc5)cc4)c(Cl)c3)c2cc1[N+](=O)[O-].Cl. The highest BCUT2D eigenvalue weighted by atomic mass is 35.5. The van der Waals surface area contributed by atoms with Crippen LogP contribution in [0.1, 0.15) is 23.6 Å². The van der Waals surface area contributed by atoms with Crippen molar-refractivity contribution in [1.29, 1.82) is 5.26 Å². The molecule has 1 N–H and O–H groups in total. The van der Waals surface area contributed by atoms with Crippen LogP contribution in [0.4, 0.5) is 17.1 Å². The Morgan fingerprint density at radius 3 is 2.33 bits per heavy atom. The third-order valence-corrected chi connectivity index (χ3v) is 6.63. The lowest BCUT2D eigenvalue weighted by Gasteiger charge is -2.14. The summed E-state index contributed by atoms with van der Waals surface area (Å²) in [5, 5.41) is 25.3. The minimum Gasteiger partial charge on any atom is -0.489 e. The van der Waals surface area contributed by atoms with Gasteiger partial charge in [0.25, 0.3) is 0 Å². The number of benzene rings is 4. The summed E-state index contributed by atoms with van der Waals surface area (Å²) in [6.07, 6.45) is 1.41. The molecule has 0 fully saturated rings. The number of ether oxygens (including phenoxy) is 3. The van der Waals surface area contributed by atoms with Crippen LogP contribution in [0.25, 0.3) is 10.9 Å². The predicted molar refractivity (Wildman–Crippen MR) is 168 cm³/mol. The molecule has 43 heavy (non-hydrogen) atoms. The van der Waals surface area contributed by atoms with Gasteiger partial charge in [-0.2, -0.15) is 5.26 Å². The first-order valence-electron chi connectivity index (χ1n) is 13.0. The van der Waals surface area contributed by atoms with E-state index in [0.717, 1.165) is 16.9 Å². The molecule has 0 aliphatic rings. The second-order valence-electron chi connectivity index (χ2n) is 9.16. The molecule has 0 atom stereocenters. The van der Waals surface area contributed by atoms with Crippen molar-refractivity contribution >= 4 is 52.0 Å². The first-order valence-corrected chi connectivity index (χ1v) is 13.4. The molecule has 218 valence electrons. The molecule has 0 aliphatic heterocycles. The highest BCUT2D eigenvalue weighted by Gasteiger charge is 2.20. The van der Waals surface area contributed by atoms with E-state index in [4.69, 9.17) is 25.8 Å². The second kappa shape index (κ2) is 14.2. The molecule has 0 saturated carbocycles. The van der Waals surface area contributed by atoms with Gasteiger partial charge < -0.3 is 19.5 Å². The van der Waals surface area contributed by atoms with Gasteiger partial charge in [0.15, 0.2) is 5.75 Å². The molecular formula is C32H26Cl2N4O5. The van der Waals surface area contributed by atoms with E-state index in [-0.39, 0.29) is 36.0 Å². The Kier molecular flexibility index (Phi) is 10.2. The average molecular weight is 617 g/mol. The van der Waals surface area contributed by atoms with Gasteiger partial charge in [0.05, 0.1) is 33.3 Å². The minimum atomic E-state index is -0.526. The van der Waals surface area contributed by atoms with Crippen LogP contribution in [0.15, 0.2) is 91.1 Å². The van der Waals surface area contributed by atoms with Crippen molar-refractivity contribution in [3.63, 3.8) is 0 Å². The number of nitro groups is 1. The third kappa shape index (κ3) is 7.43. The lowest BCUT2D eigenvalue weighted by Crippen LogP contribution is -2.01. The Balaban J connectivity index is 0.00000423. The summed E-state index contributed by atoms with van der Waals surface area (Å²) in [5.41, 5.74) is 3.40. The summed E-state index contributed by atoms with van der Waals surface area (Å²) >= 11 is 6.53. The van der Waals surface area contributed by atoms with Gasteiger partial charge in [-0.25, -0.2) is 0 Å². The Morgan fingerprint density at radius 1 is 0.930 bits per heavy atom. The molecular weight excluding hydrogens is 591 g/mol. The predicted octanol–water partition coefficient (Wildman–Crippen LogP) is 8.39. The molecule has 0 bridgehead atoms. The molecule has 9 nitrogen and oxygen atoms in total. The first-order chi connectivity index (χ1) is 20.4. The quantitative estimate of drug-likeness (QED) is 0.116. The van der Waals surface area contributed by atoms with Gasteiger partial charge in [-0.15, -0.1) is 12.4 Å². The molecule has 0 spiro atoms. The highest BCUT2D eigenvalue weighted by Crippen LogP contribution is 2.38. The van der Waals surface area contributed by atoms with Gasteiger partial charge in [0.1, 0.15) is 30.8 Å². The number of hydrogen-bond donors (Lipinski definition) is 1. The maximum absolute atomic E-state index is 11.7. The monoisotopic (exact) mass is 616 g/mol. The van der Waals surface area contributed by atoms with Crippen LogP contribution >= 0.6 is 24.0 Å². The van der Waals surface area contributed by atoms with Crippen LogP contribution in [0.2, 0.25) is 5.02 Å². The fourth-order valence-corrected chi connectivity index (χ4v) is 4.50. The Bertz CT molecular complexity index is 1780. The van der Waals surface area contributed by atoms with Gasteiger partial charge >= 0.3 is 5.69 Å².